The lowest BCUT2D eigenvalue weighted by Gasteiger charge is -2.16. The Labute approximate surface area is 103 Å². The number of fused-ring (bicyclic) bond motifs is 1. The van der Waals surface area contributed by atoms with Crippen LogP contribution >= 0.6 is 0 Å². The number of hydrogen-bond donors (Lipinski definition) is 1. The molecular formula is C14H21NO2. The molecule has 1 aliphatic heterocycles. The third-order valence-electron chi connectivity index (χ3n) is 2.88. The van der Waals surface area contributed by atoms with Crippen LogP contribution in [0.1, 0.15) is 33.1 Å². The molecule has 1 aliphatic rings. The van der Waals surface area contributed by atoms with Crippen molar-refractivity contribution >= 4 is 5.69 Å². The first-order valence-corrected chi connectivity index (χ1v) is 6.46. The van der Waals surface area contributed by atoms with Gasteiger partial charge in [-0.3, -0.25) is 0 Å². The third-order valence-corrected chi connectivity index (χ3v) is 2.88. The summed E-state index contributed by atoms with van der Waals surface area (Å²) in [6, 6.07) is 6.57. The average Bonchev–Trinajstić information content (AvgIpc) is 2.53. The Bertz CT molecular complexity index is 365. The van der Waals surface area contributed by atoms with Crippen LogP contribution < -0.4 is 14.8 Å². The van der Waals surface area contributed by atoms with Crippen molar-refractivity contribution in [3.8, 4) is 11.5 Å². The first kappa shape index (κ1) is 12.1. The maximum Gasteiger partial charge on any atom is 0.163 e. The first-order chi connectivity index (χ1) is 8.29. The van der Waals surface area contributed by atoms with Crippen LogP contribution in [0.25, 0.3) is 0 Å². The van der Waals surface area contributed by atoms with Gasteiger partial charge in [0.25, 0.3) is 0 Å². The van der Waals surface area contributed by atoms with E-state index < -0.39 is 0 Å². The van der Waals surface area contributed by atoms with E-state index in [0.717, 1.165) is 36.8 Å². The van der Waals surface area contributed by atoms with Gasteiger partial charge in [-0.05, 0) is 25.5 Å². The van der Waals surface area contributed by atoms with Crippen LogP contribution in [0.3, 0.4) is 0 Å². The van der Waals surface area contributed by atoms with Crippen LogP contribution in [0.15, 0.2) is 18.2 Å². The Hall–Kier alpha value is -1.38. The van der Waals surface area contributed by atoms with Gasteiger partial charge >= 0.3 is 0 Å². The summed E-state index contributed by atoms with van der Waals surface area (Å²) in [4.78, 5) is 0. The van der Waals surface area contributed by atoms with Crippen LogP contribution in [0, 0.1) is 0 Å². The summed E-state index contributed by atoms with van der Waals surface area (Å²) in [5.74, 6) is 1.72. The van der Waals surface area contributed by atoms with E-state index in [1.165, 1.54) is 12.8 Å². The lowest BCUT2D eigenvalue weighted by molar-refractivity contribution is 0.297. The highest BCUT2D eigenvalue weighted by atomic mass is 16.5. The lowest BCUT2D eigenvalue weighted by Crippen LogP contribution is -2.14. The van der Waals surface area contributed by atoms with E-state index in [9.17, 15) is 0 Å². The van der Waals surface area contributed by atoms with E-state index in [-0.39, 0.29) is 0 Å². The van der Waals surface area contributed by atoms with Gasteiger partial charge in [-0.1, -0.05) is 13.3 Å². The molecule has 0 saturated carbocycles. The SMILES string of the molecule is CCCC(C)Nc1ccc2c(c1)OCCCO2. The zero-order valence-corrected chi connectivity index (χ0v) is 10.7. The minimum Gasteiger partial charge on any atom is -0.490 e. The topological polar surface area (TPSA) is 30.5 Å². The molecule has 0 amide bonds. The molecule has 94 valence electrons. The minimum absolute atomic E-state index is 0.491. The van der Waals surface area contributed by atoms with E-state index in [0.29, 0.717) is 6.04 Å². The molecule has 17 heavy (non-hydrogen) atoms. The summed E-state index contributed by atoms with van der Waals surface area (Å²) in [5, 5.41) is 3.48. The van der Waals surface area contributed by atoms with Gasteiger partial charge in [0.15, 0.2) is 11.5 Å². The number of nitrogens with one attached hydrogen (secondary N) is 1. The molecule has 2 rings (SSSR count). The number of hydrogen-bond acceptors (Lipinski definition) is 3. The largest absolute Gasteiger partial charge is 0.490 e. The summed E-state index contributed by atoms with van der Waals surface area (Å²) >= 11 is 0. The van der Waals surface area contributed by atoms with Gasteiger partial charge in [-0.25, -0.2) is 0 Å². The third kappa shape index (κ3) is 3.29. The van der Waals surface area contributed by atoms with Gasteiger partial charge in [0.05, 0.1) is 13.2 Å². The predicted molar refractivity (Wildman–Crippen MR) is 70.0 cm³/mol. The molecule has 3 nitrogen and oxygen atoms in total. The Kier molecular flexibility index (Phi) is 4.13. The molecule has 0 aliphatic carbocycles. The van der Waals surface area contributed by atoms with Gasteiger partial charge in [0.2, 0.25) is 0 Å². The highest BCUT2D eigenvalue weighted by molar-refractivity contribution is 5.55. The van der Waals surface area contributed by atoms with Crippen LogP contribution in [0.4, 0.5) is 5.69 Å². The quantitative estimate of drug-likeness (QED) is 0.867. The van der Waals surface area contributed by atoms with Gasteiger partial charge in [-0.15, -0.1) is 0 Å². The fourth-order valence-electron chi connectivity index (χ4n) is 2.04. The van der Waals surface area contributed by atoms with Crippen molar-refractivity contribution in [2.75, 3.05) is 18.5 Å². The van der Waals surface area contributed by atoms with E-state index in [4.69, 9.17) is 9.47 Å². The fraction of sp³-hybridized carbons (Fsp3) is 0.571. The Morgan fingerprint density at radius 1 is 1.24 bits per heavy atom. The van der Waals surface area contributed by atoms with Crippen LogP contribution in [-0.2, 0) is 0 Å². The Morgan fingerprint density at radius 2 is 2.00 bits per heavy atom. The highest BCUT2D eigenvalue weighted by Gasteiger charge is 2.11. The second-order valence-electron chi connectivity index (χ2n) is 4.55. The fourth-order valence-corrected chi connectivity index (χ4v) is 2.04. The van der Waals surface area contributed by atoms with Crippen LogP contribution in [-0.4, -0.2) is 19.3 Å². The van der Waals surface area contributed by atoms with Gasteiger partial charge in [-0.2, -0.15) is 0 Å². The molecule has 1 aromatic rings. The number of benzene rings is 1. The molecule has 1 heterocycles. The summed E-state index contributed by atoms with van der Waals surface area (Å²) in [6.07, 6.45) is 3.32. The Morgan fingerprint density at radius 3 is 2.76 bits per heavy atom. The summed E-state index contributed by atoms with van der Waals surface area (Å²) in [5.41, 5.74) is 1.11. The molecule has 0 fully saturated rings. The maximum atomic E-state index is 5.67. The van der Waals surface area contributed by atoms with Crippen LogP contribution in [0.2, 0.25) is 0 Å². The van der Waals surface area contributed by atoms with Gasteiger partial charge in [0, 0.05) is 24.2 Å². The smallest absolute Gasteiger partial charge is 0.163 e. The standard InChI is InChI=1S/C14H21NO2/c1-3-5-11(2)15-12-6-7-13-14(10-12)17-9-4-8-16-13/h6-7,10-11,15H,3-5,8-9H2,1-2H3. The highest BCUT2D eigenvalue weighted by Crippen LogP contribution is 2.32. The zero-order chi connectivity index (χ0) is 12.1. The predicted octanol–water partition coefficient (Wildman–Crippen LogP) is 3.45. The van der Waals surface area contributed by atoms with E-state index in [1.54, 1.807) is 0 Å². The molecule has 1 atom stereocenters. The van der Waals surface area contributed by atoms with Gasteiger partial charge in [0.1, 0.15) is 0 Å². The van der Waals surface area contributed by atoms with E-state index in [2.05, 4.69) is 25.2 Å². The number of ether oxygens (including phenoxy) is 2. The molecule has 1 aromatic carbocycles. The normalized spacial score (nSPS) is 16.1. The second-order valence-corrected chi connectivity index (χ2v) is 4.55. The number of rotatable bonds is 4. The maximum absolute atomic E-state index is 5.67. The molecule has 1 N–H and O–H groups in total. The molecule has 0 radical (unpaired) electrons. The Balaban J connectivity index is 2.07. The van der Waals surface area contributed by atoms with Gasteiger partial charge < -0.3 is 14.8 Å². The monoisotopic (exact) mass is 235 g/mol. The summed E-state index contributed by atoms with van der Waals surface area (Å²) < 4.78 is 11.3. The number of anilines is 1. The zero-order valence-electron chi connectivity index (χ0n) is 10.7. The minimum atomic E-state index is 0.491. The van der Waals surface area contributed by atoms with E-state index in [1.807, 2.05) is 12.1 Å². The summed E-state index contributed by atoms with van der Waals surface area (Å²) in [7, 11) is 0. The van der Waals surface area contributed by atoms with E-state index >= 15 is 0 Å². The average molecular weight is 235 g/mol. The molecule has 0 spiro atoms. The van der Waals surface area contributed by atoms with Crippen molar-refractivity contribution in [3.05, 3.63) is 18.2 Å². The van der Waals surface area contributed by atoms with Crippen molar-refractivity contribution in [1.29, 1.82) is 0 Å². The van der Waals surface area contributed by atoms with Crippen molar-refractivity contribution < 1.29 is 9.47 Å². The molecule has 1 unspecified atom stereocenters. The second kappa shape index (κ2) is 5.80. The van der Waals surface area contributed by atoms with Crippen molar-refractivity contribution in [1.82, 2.24) is 0 Å². The lowest BCUT2D eigenvalue weighted by atomic mass is 10.2. The van der Waals surface area contributed by atoms with Crippen molar-refractivity contribution in [2.45, 2.75) is 39.2 Å². The molecule has 0 saturated heterocycles. The van der Waals surface area contributed by atoms with Crippen LogP contribution in [0.5, 0.6) is 11.5 Å². The summed E-state index contributed by atoms with van der Waals surface area (Å²) in [6.45, 7) is 5.88. The molecule has 0 aromatic heterocycles. The first-order valence-electron chi connectivity index (χ1n) is 6.46. The molecule has 0 bridgehead atoms. The molecule has 3 heteroatoms. The molecular weight excluding hydrogens is 214 g/mol. The van der Waals surface area contributed by atoms with Crippen molar-refractivity contribution in [3.63, 3.8) is 0 Å². The van der Waals surface area contributed by atoms with Crippen molar-refractivity contribution in [2.24, 2.45) is 0 Å².